The largest absolute Gasteiger partial charge is 0.343 e. The van der Waals surface area contributed by atoms with Gasteiger partial charge in [-0.3, -0.25) is 14.8 Å². The van der Waals surface area contributed by atoms with Crippen LogP contribution in [0.3, 0.4) is 0 Å². The third-order valence-electron chi connectivity index (χ3n) is 4.36. The molecule has 1 fully saturated rings. The number of thiazole rings is 1. The van der Waals surface area contributed by atoms with E-state index < -0.39 is 0 Å². The monoisotopic (exact) mass is 344 g/mol. The van der Waals surface area contributed by atoms with E-state index in [0.717, 1.165) is 53.6 Å². The van der Waals surface area contributed by atoms with Crippen LogP contribution in [-0.2, 0) is 17.6 Å². The Morgan fingerprint density at radius 2 is 2.12 bits per heavy atom. The Kier molecular flexibility index (Phi) is 5.23. The zero-order chi connectivity index (χ0) is 17.1. The highest BCUT2D eigenvalue weighted by molar-refractivity contribution is 7.15. The Hall–Kier alpha value is -1.82. The SMILES string of the molecule is CC(=O)N1CC[C@@H](Cc2nccnc2-c2cnc(CC(C)C)s2)C1. The molecule has 1 atom stereocenters. The maximum absolute atomic E-state index is 11.5. The van der Waals surface area contributed by atoms with E-state index in [9.17, 15) is 4.79 Å². The molecule has 0 N–H and O–H groups in total. The zero-order valence-corrected chi connectivity index (χ0v) is 15.3. The highest BCUT2D eigenvalue weighted by Crippen LogP contribution is 2.30. The summed E-state index contributed by atoms with van der Waals surface area (Å²) in [6.45, 7) is 7.73. The van der Waals surface area contributed by atoms with Crippen molar-refractivity contribution in [3.8, 4) is 10.6 Å². The Balaban J connectivity index is 1.76. The van der Waals surface area contributed by atoms with Crippen LogP contribution in [0.2, 0.25) is 0 Å². The molecule has 1 aliphatic rings. The number of carbonyl (C=O) groups is 1. The third-order valence-corrected chi connectivity index (χ3v) is 5.38. The van der Waals surface area contributed by atoms with Gasteiger partial charge < -0.3 is 4.90 Å². The molecular weight excluding hydrogens is 320 g/mol. The fraction of sp³-hybridized carbons (Fsp3) is 0.556. The number of amides is 1. The molecule has 6 heteroatoms. The highest BCUT2D eigenvalue weighted by Gasteiger charge is 2.26. The van der Waals surface area contributed by atoms with E-state index in [0.29, 0.717) is 11.8 Å². The summed E-state index contributed by atoms with van der Waals surface area (Å²) in [6, 6.07) is 0. The van der Waals surface area contributed by atoms with Crippen molar-refractivity contribution in [2.75, 3.05) is 13.1 Å². The molecule has 2 aromatic rings. The minimum absolute atomic E-state index is 0.164. The van der Waals surface area contributed by atoms with Crippen LogP contribution < -0.4 is 0 Å². The number of hydrogen-bond donors (Lipinski definition) is 0. The highest BCUT2D eigenvalue weighted by atomic mass is 32.1. The van der Waals surface area contributed by atoms with Gasteiger partial charge in [0.1, 0.15) is 5.69 Å². The predicted octanol–water partition coefficient (Wildman–Crippen LogP) is 3.21. The van der Waals surface area contributed by atoms with Gasteiger partial charge in [-0.15, -0.1) is 11.3 Å². The van der Waals surface area contributed by atoms with Gasteiger partial charge in [-0.1, -0.05) is 13.8 Å². The molecule has 0 aliphatic carbocycles. The number of likely N-dealkylation sites (tertiary alicyclic amines) is 1. The lowest BCUT2D eigenvalue weighted by Gasteiger charge is -2.14. The molecule has 1 amide bonds. The minimum Gasteiger partial charge on any atom is -0.343 e. The van der Waals surface area contributed by atoms with E-state index in [2.05, 4.69) is 28.8 Å². The second kappa shape index (κ2) is 7.38. The Morgan fingerprint density at radius 3 is 2.83 bits per heavy atom. The lowest BCUT2D eigenvalue weighted by atomic mass is 10.0. The number of nitrogens with zero attached hydrogens (tertiary/aromatic N) is 4. The van der Waals surface area contributed by atoms with E-state index in [1.807, 2.05) is 11.1 Å². The topological polar surface area (TPSA) is 59.0 Å². The van der Waals surface area contributed by atoms with Crippen molar-refractivity contribution in [3.05, 3.63) is 29.3 Å². The molecule has 3 heterocycles. The second-order valence-corrected chi connectivity index (χ2v) is 8.01. The molecule has 24 heavy (non-hydrogen) atoms. The molecule has 1 aliphatic heterocycles. The molecule has 3 rings (SSSR count). The average molecular weight is 344 g/mol. The van der Waals surface area contributed by atoms with Crippen LogP contribution in [0.5, 0.6) is 0 Å². The van der Waals surface area contributed by atoms with Crippen LogP contribution in [-0.4, -0.2) is 38.8 Å². The van der Waals surface area contributed by atoms with Crippen molar-refractivity contribution < 1.29 is 4.79 Å². The Bertz CT molecular complexity index is 713. The van der Waals surface area contributed by atoms with E-state index in [1.54, 1.807) is 30.7 Å². The molecule has 0 radical (unpaired) electrons. The summed E-state index contributed by atoms with van der Waals surface area (Å²) in [5, 5.41) is 1.15. The normalized spacial score (nSPS) is 17.7. The zero-order valence-electron chi connectivity index (χ0n) is 14.5. The van der Waals surface area contributed by atoms with Crippen LogP contribution in [0.1, 0.15) is 37.9 Å². The van der Waals surface area contributed by atoms with Crippen LogP contribution in [0, 0.1) is 11.8 Å². The molecule has 0 bridgehead atoms. The molecule has 0 unspecified atom stereocenters. The van der Waals surface area contributed by atoms with Crippen molar-refractivity contribution in [2.45, 2.75) is 40.0 Å². The van der Waals surface area contributed by atoms with Gasteiger partial charge in [0.05, 0.1) is 15.6 Å². The van der Waals surface area contributed by atoms with Gasteiger partial charge in [0, 0.05) is 45.0 Å². The first kappa shape index (κ1) is 17.0. The Morgan fingerprint density at radius 1 is 1.33 bits per heavy atom. The maximum Gasteiger partial charge on any atom is 0.219 e. The molecular formula is C18H24N4OS. The first-order valence-electron chi connectivity index (χ1n) is 8.53. The van der Waals surface area contributed by atoms with Crippen molar-refractivity contribution in [1.82, 2.24) is 19.9 Å². The van der Waals surface area contributed by atoms with E-state index in [-0.39, 0.29) is 5.91 Å². The smallest absolute Gasteiger partial charge is 0.219 e. The molecule has 0 aromatic carbocycles. The average Bonchev–Trinajstić information content (AvgIpc) is 3.17. The third kappa shape index (κ3) is 3.98. The fourth-order valence-electron chi connectivity index (χ4n) is 3.14. The van der Waals surface area contributed by atoms with Gasteiger partial charge in [-0.05, 0) is 24.7 Å². The van der Waals surface area contributed by atoms with Crippen molar-refractivity contribution in [3.63, 3.8) is 0 Å². The Labute approximate surface area is 147 Å². The van der Waals surface area contributed by atoms with Crippen molar-refractivity contribution in [2.24, 2.45) is 11.8 Å². The summed E-state index contributed by atoms with van der Waals surface area (Å²) >= 11 is 1.71. The maximum atomic E-state index is 11.5. The number of aromatic nitrogens is 3. The van der Waals surface area contributed by atoms with Gasteiger partial charge in [0.15, 0.2) is 0 Å². The van der Waals surface area contributed by atoms with Crippen LogP contribution in [0.15, 0.2) is 18.6 Å². The predicted molar refractivity (Wildman–Crippen MR) is 95.7 cm³/mol. The first-order chi connectivity index (χ1) is 11.5. The number of carbonyl (C=O) groups excluding carboxylic acids is 1. The molecule has 0 spiro atoms. The molecule has 1 saturated heterocycles. The van der Waals surface area contributed by atoms with Crippen LogP contribution in [0.25, 0.3) is 10.6 Å². The van der Waals surface area contributed by atoms with Crippen LogP contribution in [0.4, 0.5) is 0 Å². The van der Waals surface area contributed by atoms with Gasteiger partial charge in [-0.2, -0.15) is 0 Å². The molecule has 5 nitrogen and oxygen atoms in total. The summed E-state index contributed by atoms with van der Waals surface area (Å²) in [6.07, 6.45) is 8.33. The lowest BCUT2D eigenvalue weighted by Crippen LogP contribution is -2.26. The lowest BCUT2D eigenvalue weighted by molar-refractivity contribution is -0.127. The summed E-state index contributed by atoms with van der Waals surface area (Å²) < 4.78 is 0. The van der Waals surface area contributed by atoms with Crippen molar-refractivity contribution in [1.29, 1.82) is 0 Å². The van der Waals surface area contributed by atoms with Crippen molar-refractivity contribution >= 4 is 17.2 Å². The fourth-order valence-corrected chi connectivity index (χ4v) is 4.29. The second-order valence-electron chi connectivity index (χ2n) is 6.89. The van der Waals surface area contributed by atoms with Gasteiger partial charge in [-0.25, -0.2) is 4.98 Å². The standard InChI is InChI=1S/C18H24N4OS/c1-12(2)8-17-21-10-16(24-17)18-15(19-5-6-20-18)9-14-4-7-22(11-14)13(3)23/h5-6,10,12,14H,4,7-9,11H2,1-3H3/t14-/m0/s1. The van der Waals surface area contributed by atoms with Gasteiger partial charge in [0.2, 0.25) is 5.91 Å². The minimum atomic E-state index is 0.164. The first-order valence-corrected chi connectivity index (χ1v) is 9.35. The molecule has 2 aromatic heterocycles. The summed E-state index contributed by atoms with van der Waals surface area (Å²) in [5.41, 5.74) is 1.97. The van der Waals surface area contributed by atoms with Gasteiger partial charge >= 0.3 is 0 Å². The van der Waals surface area contributed by atoms with E-state index in [1.165, 1.54) is 0 Å². The quantitative estimate of drug-likeness (QED) is 0.836. The molecule has 128 valence electrons. The number of hydrogen-bond acceptors (Lipinski definition) is 5. The van der Waals surface area contributed by atoms with Gasteiger partial charge in [0.25, 0.3) is 0 Å². The summed E-state index contributed by atoms with van der Waals surface area (Å²) in [5.74, 6) is 1.23. The van der Waals surface area contributed by atoms with E-state index in [4.69, 9.17) is 0 Å². The summed E-state index contributed by atoms with van der Waals surface area (Å²) in [4.78, 5) is 28.2. The summed E-state index contributed by atoms with van der Waals surface area (Å²) in [7, 11) is 0. The van der Waals surface area contributed by atoms with E-state index >= 15 is 0 Å². The molecule has 0 saturated carbocycles. The number of rotatable bonds is 5. The van der Waals surface area contributed by atoms with Crippen LogP contribution >= 0.6 is 11.3 Å².